The molecule has 0 aliphatic rings. The number of halogens is 3. The fourth-order valence-corrected chi connectivity index (χ4v) is 4.70. The van der Waals surface area contributed by atoms with Crippen molar-refractivity contribution in [3.05, 3.63) is 97.8 Å². The summed E-state index contributed by atoms with van der Waals surface area (Å²) in [6, 6.07) is 11.6. The highest BCUT2D eigenvalue weighted by Crippen LogP contribution is 2.32. The molecule has 0 saturated carbocycles. The molecule has 0 aliphatic carbocycles. The number of hydrogen-bond donors (Lipinski definition) is 2. The molecular formula is C26H23F3N6O3S. The van der Waals surface area contributed by atoms with Gasteiger partial charge < -0.3 is 9.88 Å². The van der Waals surface area contributed by atoms with Crippen molar-refractivity contribution >= 4 is 40.0 Å². The molecular weight excluding hydrogens is 533 g/mol. The largest absolute Gasteiger partial charge is 0.416 e. The molecule has 0 atom stereocenters. The molecule has 202 valence electrons. The molecule has 1 amide bonds. The fourth-order valence-electron chi connectivity index (χ4n) is 3.97. The Morgan fingerprint density at radius 2 is 1.95 bits per heavy atom. The van der Waals surface area contributed by atoms with E-state index in [9.17, 15) is 28.1 Å². The second-order valence-corrected chi connectivity index (χ2v) is 9.57. The summed E-state index contributed by atoms with van der Waals surface area (Å²) in [5, 5.41) is 20.2. The van der Waals surface area contributed by atoms with Gasteiger partial charge in [-0.15, -0.1) is 11.3 Å². The molecule has 0 saturated heterocycles. The first-order chi connectivity index (χ1) is 18.4. The fraction of sp³-hybridized carbons (Fsp3) is 0.192. The Morgan fingerprint density at radius 1 is 1.18 bits per heavy atom. The highest BCUT2D eigenvalue weighted by molar-refractivity contribution is 7.13. The number of anilines is 2. The van der Waals surface area contributed by atoms with Gasteiger partial charge >= 0.3 is 6.18 Å². The first-order valence-electron chi connectivity index (χ1n) is 11.6. The average molecular weight is 557 g/mol. The number of rotatable bonds is 8. The summed E-state index contributed by atoms with van der Waals surface area (Å²) in [6.07, 6.45) is -3.04. The smallest absolute Gasteiger partial charge is 0.332 e. The van der Waals surface area contributed by atoms with E-state index < -0.39 is 22.6 Å². The number of aromatic nitrogens is 2. The summed E-state index contributed by atoms with van der Waals surface area (Å²) in [5.41, 5.74) is 5.90. The minimum Gasteiger partial charge on any atom is -0.332 e. The standard InChI is InChI=1S/C26H23F3N6O3S/c1-15-7-8-22(12-23(15)35(37)38)34-16(2)9-18(17(34)3)13-30-33-24(36)11-21-14-39-25(32-21)31-20-6-4-5-19(10-20)26(27,28)29/h4-10,12-14H,11H2,1-3H3,(H,31,32)(H,33,36)/b30-13-. The van der Waals surface area contributed by atoms with Crippen LogP contribution in [0.5, 0.6) is 0 Å². The lowest BCUT2D eigenvalue weighted by Gasteiger charge is -2.10. The minimum atomic E-state index is -4.45. The van der Waals surface area contributed by atoms with Gasteiger partial charge in [-0.25, -0.2) is 10.4 Å². The van der Waals surface area contributed by atoms with Gasteiger partial charge in [-0.3, -0.25) is 14.9 Å². The second-order valence-electron chi connectivity index (χ2n) is 8.71. The lowest BCUT2D eigenvalue weighted by atomic mass is 10.2. The Bertz CT molecular complexity index is 1580. The van der Waals surface area contributed by atoms with Gasteiger partial charge in [0.25, 0.3) is 5.69 Å². The third-order valence-corrected chi connectivity index (χ3v) is 6.65. The highest BCUT2D eigenvalue weighted by atomic mass is 32.1. The number of alkyl halides is 3. The van der Waals surface area contributed by atoms with E-state index in [-0.39, 0.29) is 17.8 Å². The van der Waals surface area contributed by atoms with Crippen LogP contribution < -0.4 is 10.7 Å². The van der Waals surface area contributed by atoms with Crippen LogP contribution in [0.2, 0.25) is 0 Å². The number of hydrogen-bond acceptors (Lipinski definition) is 7. The van der Waals surface area contributed by atoms with Gasteiger partial charge in [-0.2, -0.15) is 18.3 Å². The van der Waals surface area contributed by atoms with Crippen LogP contribution in [-0.2, 0) is 17.4 Å². The summed E-state index contributed by atoms with van der Waals surface area (Å²) in [4.78, 5) is 27.5. The van der Waals surface area contributed by atoms with E-state index in [1.165, 1.54) is 24.4 Å². The van der Waals surface area contributed by atoms with E-state index >= 15 is 0 Å². The number of carbonyl (C=O) groups excluding carboxylic acids is 1. The molecule has 4 aromatic rings. The van der Waals surface area contributed by atoms with Gasteiger partial charge in [-0.1, -0.05) is 12.1 Å². The van der Waals surface area contributed by atoms with Crippen molar-refractivity contribution in [1.82, 2.24) is 15.0 Å². The number of benzene rings is 2. The first kappa shape index (κ1) is 27.5. The number of nitrogens with one attached hydrogen (secondary N) is 2. The molecule has 2 heterocycles. The quantitative estimate of drug-likeness (QED) is 0.152. The van der Waals surface area contributed by atoms with Crippen LogP contribution in [0.3, 0.4) is 0 Å². The number of nitro benzene ring substituents is 1. The molecule has 9 nitrogen and oxygen atoms in total. The third kappa shape index (κ3) is 6.49. The van der Waals surface area contributed by atoms with Crippen molar-refractivity contribution in [2.45, 2.75) is 33.4 Å². The summed E-state index contributed by atoms with van der Waals surface area (Å²) in [7, 11) is 0. The maximum absolute atomic E-state index is 12.9. The number of carbonyl (C=O) groups is 1. The monoisotopic (exact) mass is 556 g/mol. The van der Waals surface area contributed by atoms with Crippen LogP contribution >= 0.6 is 11.3 Å². The van der Waals surface area contributed by atoms with Crippen LogP contribution in [0.4, 0.5) is 29.7 Å². The molecule has 13 heteroatoms. The molecule has 2 N–H and O–H groups in total. The number of aryl methyl sites for hydroxylation is 2. The van der Waals surface area contributed by atoms with Gasteiger partial charge in [0.2, 0.25) is 5.91 Å². The Labute approximate surface area is 225 Å². The topological polar surface area (TPSA) is 114 Å². The van der Waals surface area contributed by atoms with Gasteiger partial charge in [0.1, 0.15) is 0 Å². The van der Waals surface area contributed by atoms with Gasteiger partial charge in [0.15, 0.2) is 5.13 Å². The van der Waals surface area contributed by atoms with Crippen LogP contribution in [0.15, 0.2) is 59.0 Å². The number of amides is 1. The molecule has 2 aromatic carbocycles. The first-order valence-corrected chi connectivity index (χ1v) is 12.5. The number of hydrazone groups is 1. The summed E-state index contributed by atoms with van der Waals surface area (Å²) < 4.78 is 40.6. The Morgan fingerprint density at radius 3 is 2.67 bits per heavy atom. The number of thiazole rings is 1. The lowest BCUT2D eigenvalue weighted by molar-refractivity contribution is -0.385. The molecule has 4 rings (SSSR count). The zero-order valence-corrected chi connectivity index (χ0v) is 21.9. The highest BCUT2D eigenvalue weighted by Gasteiger charge is 2.30. The Balaban J connectivity index is 1.38. The van der Waals surface area contributed by atoms with Crippen LogP contribution in [0.1, 0.15) is 33.8 Å². The molecule has 0 bridgehead atoms. The van der Waals surface area contributed by atoms with Crippen molar-refractivity contribution in [3.63, 3.8) is 0 Å². The van der Waals surface area contributed by atoms with Crippen molar-refractivity contribution in [3.8, 4) is 5.69 Å². The zero-order chi connectivity index (χ0) is 28.3. The molecule has 0 radical (unpaired) electrons. The molecule has 39 heavy (non-hydrogen) atoms. The predicted molar refractivity (Wildman–Crippen MR) is 143 cm³/mol. The summed E-state index contributed by atoms with van der Waals surface area (Å²) in [5.74, 6) is -0.426. The summed E-state index contributed by atoms with van der Waals surface area (Å²) in [6.45, 7) is 5.38. The minimum absolute atomic E-state index is 0.0257. The van der Waals surface area contributed by atoms with E-state index in [0.717, 1.165) is 40.4 Å². The Kier molecular flexibility index (Phi) is 7.81. The van der Waals surface area contributed by atoms with E-state index in [2.05, 4.69) is 20.8 Å². The van der Waals surface area contributed by atoms with E-state index in [4.69, 9.17) is 0 Å². The molecule has 2 aromatic heterocycles. The third-order valence-electron chi connectivity index (χ3n) is 5.85. The van der Waals surface area contributed by atoms with Crippen LogP contribution in [0.25, 0.3) is 5.69 Å². The predicted octanol–water partition coefficient (Wildman–Crippen LogP) is 6.22. The molecule has 0 spiro atoms. The second kappa shape index (κ2) is 11.1. The molecule has 0 aliphatic heterocycles. The van der Waals surface area contributed by atoms with E-state index in [0.29, 0.717) is 22.1 Å². The maximum atomic E-state index is 12.9. The average Bonchev–Trinajstić information content (AvgIpc) is 3.41. The van der Waals surface area contributed by atoms with Crippen molar-refractivity contribution in [2.75, 3.05) is 5.32 Å². The lowest BCUT2D eigenvalue weighted by Crippen LogP contribution is -2.20. The van der Waals surface area contributed by atoms with Gasteiger partial charge in [0.05, 0.1) is 34.5 Å². The molecule has 0 fully saturated rings. The van der Waals surface area contributed by atoms with Crippen molar-refractivity contribution in [1.29, 1.82) is 0 Å². The van der Waals surface area contributed by atoms with Crippen LogP contribution in [-0.4, -0.2) is 26.6 Å². The van der Waals surface area contributed by atoms with E-state index in [1.54, 1.807) is 24.4 Å². The maximum Gasteiger partial charge on any atom is 0.416 e. The van der Waals surface area contributed by atoms with Gasteiger partial charge in [0, 0.05) is 39.6 Å². The van der Waals surface area contributed by atoms with Crippen molar-refractivity contribution in [2.24, 2.45) is 5.10 Å². The van der Waals surface area contributed by atoms with Crippen molar-refractivity contribution < 1.29 is 22.9 Å². The summed E-state index contributed by atoms with van der Waals surface area (Å²) >= 11 is 1.16. The normalized spacial score (nSPS) is 11.6. The molecule has 0 unspecified atom stereocenters. The Hall–Kier alpha value is -4.52. The van der Waals surface area contributed by atoms with E-state index in [1.807, 2.05) is 24.5 Å². The zero-order valence-electron chi connectivity index (χ0n) is 21.0. The van der Waals surface area contributed by atoms with Gasteiger partial charge in [-0.05, 0) is 51.1 Å². The van der Waals surface area contributed by atoms with Crippen LogP contribution in [0, 0.1) is 30.9 Å². The number of nitrogens with zero attached hydrogens (tertiary/aromatic N) is 4. The SMILES string of the molecule is Cc1ccc(-n2c(C)cc(/C=N\NC(=O)Cc3csc(Nc4cccc(C(F)(F)F)c4)n3)c2C)cc1[N+](=O)[O-]. The number of nitro groups is 1.